The van der Waals surface area contributed by atoms with Crippen LogP contribution >= 0.6 is 0 Å². The van der Waals surface area contributed by atoms with Crippen molar-refractivity contribution in [1.29, 1.82) is 0 Å². The zero-order valence-corrected chi connectivity index (χ0v) is 15.2. The Morgan fingerprint density at radius 1 is 1.22 bits per heavy atom. The molecule has 2 aromatic rings. The average molecular weight is 369 g/mol. The Hall–Kier alpha value is -2.93. The molecule has 1 heterocycles. The monoisotopic (exact) mass is 369 g/mol. The lowest BCUT2D eigenvalue weighted by atomic mass is 10.0. The molecule has 1 aliphatic rings. The first-order chi connectivity index (χ1) is 12.9. The fourth-order valence-corrected chi connectivity index (χ4v) is 3.67. The molecule has 7 nitrogen and oxygen atoms in total. The summed E-state index contributed by atoms with van der Waals surface area (Å²) in [5.41, 5.74) is 2.91. The molecule has 142 valence electrons. The molecule has 1 aliphatic heterocycles. The first-order valence-electron chi connectivity index (χ1n) is 8.94. The van der Waals surface area contributed by atoms with Crippen molar-refractivity contribution in [2.75, 3.05) is 24.5 Å². The smallest absolute Gasteiger partial charge is 0.305 e. The maximum atomic E-state index is 11.4. The number of nitro groups is 1. The van der Waals surface area contributed by atoms with E-state index in [1.165, 1.54) is 11.6 Å². The Labute approximate surface area is 158 Å². The molecule has 0 radical (unpaired) electrons. The highest BCUT2D eigenvalue weighted by Crippen LogP contribution is 2.29. The minimum atomic E-state index is -0.842. The number of rotatable bonds is 6. The van der Waals surface area contributed by atoms with Gasteiger partial charge in [0.25, 0.3) is 5.69 Å². The summed E-state index contributed by atoms with van der Waals surface area (Å²) in [6.07, 6.45) is 0.0295. The van der Waals surface area contributed by atoms with Crippen LogP contribution in [-0.4, -0.2) is 46.6 Å². The van der Waals surface area contributed by atoms with Gasteiger partial charge in [0.05, 0.1) is 17.4 Å². The molecule has 1 saturated heterocycles. The van der Waals surface area contributed by atoms with E-state index in [4.69, 9.17) is 0 Å². The van der Waals surface area contributed by atoms with E-state index in [0.717, 1.165) is 24.3 Å². The number of aliphatic carboxylic acids is 1. The third kappa shape index (κ3) is 4.62. The topological polar surface area (TPSA) is 86.9 Å². The molecule has 0 aliphatic carbocycles. The van der Waals surface area contributed by atoms with E-state index in [2.05, 4.69) is 21.9 Å². The van der Waals surface area contributed by atoms with Gasteiger partial charge in [-0.1, -0.05) is 30.3 Å². The van der Waals surface area contributed by atoms with E-state index in [-0.39, 0.29) is 18.2 Å². The molecule has 1 atom stereocenters. The van der Waals surface area contributed by atoms with Gasteiger partial charge in [-0.25, -0.2) is 0 Å². The first kappa shape index (κ1) is 18.8. The lowest BCUT2D eigenvalue weighted by Crippen LogP contribution is -2.53. The highest BCUT2D eigenvalue weighted by molar-refractivity contribution is 5.69. The maximum absolute atomic E-state index is 11.4. The normalized spacial score (nSPS) is 17.7. The third-order valence-electron chi connectivity index (χ3n) is 4.93. The molecule has 2 aromatic carbocycles. The molecule has 1 unspecified atom stereocenters. The number of piperazine rings is 1. The van der Waals surface area contributed by atoms with Gasteiger partial charge in [0.1, 0.15) is 0 Å². The molecule has 1 fully saturated rings. The minimum absolute atomic E-state index is 0.0295. The molecule has 0 amide bonds. The van der Waals surface area contributed by atoms with Crippen molar-refractivity contribution in [2.24, 2.45) is 0 Å². The van der Waals surface area contributed by atoms with Crippen molar-refractivity contribution in [2.45, 2.75) is 25.9 Å². The predicted molar refractivity (Wildman–Crippen MR) is 103 cm³/mol. The largest absolute Gasteiger partial charge is 0.481 e. The van der Waals surface area contributed by atoms with Gasteiger partial charge in [-0.05, 0) is 24.1 Å². The van der Waals surface area contributed by atoms with Gasteiger partial charge in [-0.15, -0.1) is 0 Å². The minimum Gasteiger partial charge on any atom is -0.481 e. The number of nitro benzene ring substituents is 1. The Kier molecular flexibility index (Phi) is 5.71. The zero-order chi connectivity index (χ0) is 19.4. The van der Waals surface area contributed by atoms with Crippen LogP contribution in [0.2, 0.25) is 0 Å². The summed E-state index contributed by atoms with van der Waals surface area (Å²) >= 11 is 0. The van der Waals surface area contributed by atoms with Gasteiger partial charge in [-0.3, -0.25) is 19.8 Å². The molecule has 0 bridgehead atoms. The number of hydrogen-bond acceptors (Lipinski definition) is 5. The zero-order valence-electron chi connectivity index (χ0n) is 15.2. The second kappa shape index (κ2) is 8.18. The number of carboxylic acids is 1. The average Bonchev–Trinajstić information content (AvgIpc) is 2.62. The molecule has 7 heteroatoms. The summed E-state index contributed by atoms with van der Waals surface area (Å²) in [5, 5.41) is 20.3. The summed E-state index contributed by atoms with van der Waals surface area (Å²) in [5.74, 6) is -0.842. The number of carboxylic acid groups (broad SMARTS) is 1. The number of non-ortho nitro benzene ring substituents is 1. The number of aryl methyl sites for hydroxylation is 1. The van der Waals surface area contributed by atoms with Crippen molar-refractivity contribution in [3.05, 3.63) is 69.8 Å². The molecular formula is C20H23N3O4. The lowest BCUT2D eigenvalue weighted by molar-refractivity contribution is -0.384. The Bertz CT molecular complexity index is 825. The number of benzene rings is 2. The fourth-order valence-electron chi connectivity index (χ4n) is 3.67. The van der Waals surface area contributed by atoms with Gasteiger partial charge in [-0.2, -0.15) is 0 Å². The van der Waals surface area contributed by atoms with Crippen LogP contribution in [0.25, 0.3) is 0 Å². The third-order valence-corrected chi connectivity index (χ3v) is 4.93. The summed E-state index contributed by atoms with van der Waals surface area (Å²) in [7, 11) is 0. The SMILES string of the molecule is Cc1cc([N+](=O)[O-])ccc1N1CCN(Cc2ccccc2)CC1CC(=O)O. The summed E-state index contributed by atoms with van der Waals surface area (Å²) in [6, 6.07) is 14.7. The Balaban J connectivity index is 1.79. The summed E-state index contributed by atoms with van der Waals surface area (Å²) in [6.45, 7) is 4.74. The van der Waals surface area contributed by atoms with E-state index >= 15 is 0 Å². The van der Waals surface area contributed by atoms with Crippen molar-refractivity contribution >= 4 is 17.3 Å². The number of nitrogens with zero attached hydrogens (tertiary/aromatic N) is 3. The quantitative estimate of drug-likeness (QED) is 0.622. The van der Waals surface area contributed by atoms with E-state index in [1.54, 1.807) is 12.1 Å². The van der Waals surface area contributed by atoms with Crippen LogP contribution in [0.5, 0.6) is 0 Å². The van der Waals surface area contributed by atoms with E-state index < -0.39 is 10.9 Å². The molecule has 27 heavy (non-hydrogen) atoms. The molecular weight excluding hydrogens is 346 g/mol. The van der Waals surface area contributed by atoms with Gasteiger partial charge in [0.2, 0.25) is 0 Å². The highest BCUT2D eigenvalue weighted by atomic mass is 16.6. The van der Waals surface area contributed by atoms with Crippen LogP contribution in [0.1, 0.15) is 17.5 Å². The Morgan fingerprint density at radius 2 is 1.96 bits per heavy atom. The molecule has 0 saturated carbocycles. The van der Waals surface area contributed by atoms with E-state index in [0.29, 0.717) is 13.1 Å². The van der Waals surface area contributed by atoms with Crippen LogP contribution in [0, 0.1) is 17.0 Å². The predicted octanol–water partition coefficient (Wildman–Crippen LogP) is 3.07. The van der Waals surface area contributed by atoms with Crippen molar-refractivity contribution in [3.8, 4) is 0 Å². The molecule has 0 spiro atoms. The standard InChI is InChI=1S/C20H23N3O4/c1-15-11-17(23(26)27)7-8-19(15)22-10-9-21(14-18(22)12-20(24)25)13-16-5-3-2-4-6-16/h2-8,11,18H,9-10,12-14H2,1H3,(H,24,25). The number of anilines is 1. The Morgan fingerprint density at radius 3 is 2.59 bits per heavy atom. The van der Waals surface area contributed by atoms with Crippen LogP contribution in [-0.2, 0) is 11.3 Å². The second-order valence-electron chi connectivity index (χ2n) is 6.89. The summed E-state index contributed by atoms with van der Waals surface area (Å²) in [4.78, 5) is 26.3. The van der Waals surface area contributed by atoms with Crippen LogP contribution in [0.4, 0.5) is 11.4 Å². The number of carbonyl (C=O) groups is 1. The van der Waals surface area contributed by atoms with Gasteiger partial charge >= 0.3 is 5.97 Å². The van der Waals surface area contributed by atoms with Gasteiger partial charge in [0, 0.05) is 44.0 Å². The van der Waals surface area contributed by atoms with Crippen molar-refractivity contribution < 1.29 is 14.8 Å². The molecule has 3 rings (SSSR count). The van der Waals surface area contributed by atoms with Crippen molar-refractivity contribution in [3.63, 3.8) is 0 Å². The van der Waals surface area contributed by atoms with E-state index in [9.17, 15) is 20.0 Å². The van der Waals surface area contributed by atoms with E-state index in [1.807, 2.05) is 25.1 Å². The molecule has 1 N–H and O–H groups in total. The second-order valence-corrected chi connectivity index (χ2v) is 6.89. The van der Waals surface area contributed by atoms with Crippen LogP contribution in [0.15, 0.2) is 48.5 Å². The van der Waals surface area contributed by atoms with Crippen LogP contribution in [0.3, 0.4) is 0 Å². The van der Waals surface area contributed by atoms with Crippen LogP contribution < -0.4 is 4.90 Å². The fraction of sp³-hybridized carbons (Fsp3) is 0.350. The first-order valence-corrected chi connectivity index (χ1v) is 8.94. The number of hydrogen-bond donors (Lipinski definition) is 1. The van der Waals surface area contributed by atoms with Gasteiger partial charge < -0.3 is 10.0 Å². The molecule has 0 aromatic heterocycles. The maximum Gasteiger partial charge on any atom is 0.305 e. The van der Waals surface area contributed by atoms with Gasteiger partial charge in [0.15, 0.2) is 0 Å². The lowest BCUT2D eigenvalue weighted by Gasteiger charge is -2.43. The highest BCUT2D eigenvalue weighted by Gasteiger charge is 2.30. The van der Waals surface area contributed by atoms with Crippen molar-refractivity contribution in [1.82, 2.24) is 4.90 Å². The summed E-state index contributed by atoms with van der Waals surface area (Å²) < 4.78 is 0.